The molecule has 0 fully saturated rings. The Hall–Kier alpha value is -0.910. The number of nitrogens with zero attached hydrogens (tertiary/aromatic N) is 2. The summed E-state index contributed by atoms with van der Waals surface area (Å²) < 4.78 is 5.31. The lowest BCUT2D eigenvalue weighted by Crippen LogP contribution is -1.96. The largest absolute Gasteiger partial charge is 0.326 e. The van der Waals surface area contributed by atoms with Gasteiger partial charge in [-0.05, 0) is 22.7 Å². The van der Waals surface area contributed by atoms with Gasteiger partial charge in [0.15, 0.2) is 4.34 Å². The standard InChI is InChI=1S/C12H15N3S2/c1-2-11-14-12(17-15-11)16-8-10-5-3-4-9(6-10)7-13/h3-6H,2,7-8,13H2,1H3. The Morgan fingerprint density at radius 1 is 1.35 bits per heavy atom. The van der Waals surface area contributed by atoms with Crippen LogP contribution in [0.4, 0.5) is 0 Å². The van der Waals surface area contributed by atoms with Crippen LogP contribution in [0.5, 0.6) is 0 Å². The van der Waals surface area contributed by atoms with Gasteiger partial charge in [0, 0.05) is 18.7 Å². The highest BCUT2D eigenvalue weighted by Crippen LogP contribution is 2.24. The summed E-state index contributed by atoms with van der Waals surface area (Å²) in [6, 6.07) is 8.37. The van der Waals surface area contributed by atoms with E-state index in [1.54, 1.807) is 11.8 Å². The zero-order valence-electron chi connectivity index (χ0n) is 9.72. The number of hydrogen-bond donors (Lipinski definition) is 1. The maximum atomic E-state index is 5.62. The zero-order valence-corrected chi connectivity index (χ0v) is 11.4. The number of hydrogen-bond acceptors (Lipinski definition) is 5. The van der Waals surface area contributed by atoms with Gasteiger partial charge in [-0.15, -0.1) is 0 Å². The van der Waals surface area contributed by atoms with Gasteiger partial charge in [0.05, 0.1) is 0 Å². The van der Waals surface area contributed by atoms with E-state index in [0.717, 1.165) is 22.3 Å². The monoisotopic (exact) mass is 265 g/mol. The van der Waals surface area contributed by atoms with Crippen molar-refractivity contribution in [3.05, 3.63) is 41.2 Å². The van der Waals surface area contributed by atoms with Gasteiger partial charge in [0.1, 0.15) is 5.82 Å². The Labute approximate surface area is 110 Å². The van der Waals surface area contributed by atoms with E-state index in [9.17, 15) is 0 Å². The van der Waals surface area contributed by atoms with E-state index in [4.69, 9.17) is 5.73 Å². The molecule has 0 aliphatic rings. The van der Waals surface area contributed by atoms with Crippen LogP contribution in [0.3, 0.4) is 0 Å². The van der Waals surface area contributed by atoms with Gasteiger partial charge in [0.25, 0.3) is 0 Å². The fourth-order valence-electron chi connectivity index (χ4n) is 1.43. The molecule has 0 bridgehead atoms. The minimum atomic E-state index is 0.595. The van der Waals surface area contributed by atoms with Gasteiger partial charge in [-0.1, -0.05) is 43.0 Å². The smallest absolute Gasteiger partial charge is 0.170 e. The molecule has 0 aliphatic carbocycles. The van der Waals surface area contributed by atoms with E-state index in [2.05, 4.69) is 34.5 Å². The summed E-state index contributed by atoms with van der Waals surface area (Å²) in [5, 5.41) is 0. The third-order valence-electron chi connectivity index (χ3n) is 2.36. The molecular formula is C12H15N3S2. The third kappa shape index (κ3) is 3.52. The highest BCUT2D eigenvalue weighted by molar-refractivity contribution is 8.00. The molecule has 3 nitrogen and oxygen atoms in total. The fraction of sp³-hybridized carbons (Fsp3) is 0.333. The second kappa shape index (κ2) is 6.14. The van der Waals surface area contributed by atoms with Gasteiger partial charge in [-0.2, -0.15) is 4.37 Å². The topological polar surface area (TPSA) is 51.8 Å². The lowest BCUT2D eigenvalue weighted by Gasteiger charge is -2.01. The molecule has 0 radical (unpaired) electrons. The number of thioether (sulfide) groups is 1. The Morgan fingerprint density at radius 3 is 2.88 bits per heavy atom. The van der Waals surface area contributed by atoms with Crippen LogP contribution in [0.2, 0.25) is 0 Å². The van der Waals surface area contributed by atoms with Crippen LogP contribution in [-0.2, 0) is 18.7 Å². The number of benzene rings is 1. The van der Waals surface area contributed by atoms with Crippen molar-refractivity contribution in [2.45, 2.75) is 30.0 Å². The summed E-state index contributed by atoms with van der Waals surface area (Å²) in [5.74, 6) is 1.86. The summed E-state index contributed by atoms with van der Waals surface area (Å²) in [7, 11) is 0. The first kappa shape index (κ1) is 12.5. The van der Waals surface area contributed by atoms with E-state index in [1.807, 2.05) is 6.07 Å². The Morgan fingerprint density at radius 2 is 2.18 bits per heavy atom. The Bertz CT molecular complexity index is 482. The lowest BCUT2D eigenvalue weighted by atomic mass is 10.1. The van der Waals surface area contributed by atoms with Crippen molar-refractivity contribution in [2.24, 2.45) is 5.73 Å². The third-order valence-corrected chi connectivity index (χ3v) is 4.30. The van der Waals surface area contributed by atoms with Crippen molar-refractivity contribution < 1.29 is 0 Å². The van der Waals surface area contributed by atoms with Crippen molar-refractivity contribution in [1.29, 1.82) is 0 Å². The molecule has 1 aromatic heterocycles. The summed E-state index contributed by atoms with van der Waals surface area (Å²) in [4.78, 5) is 4.43. The molecule has 0 unspecified atom stereocenters. The van der Waals surface area contributed by atoms with Crippen molar-refractivity contribution in [3.8, 4) is 0 Å². The van der Waals surface area contributed by atoms with Gasteiger partial charge in [-0.25, -0.2) is 4.98 Å². The average Bonchev–Trinajstić information content (AvgIpc) is 2.84. The minimum absolute atomic E-state index is 0.595. The molecule has 90 valence electrons. The predicted octanol–water partition coefficient (Wildman–Crippen LogP) is 2.85. The second-order valence-corrected chi connectivity index (χ2v) is 5.62. The molecule has 5 heteroatoms. The van der Waals surface area contributed by atoms with Crippen molar-refractivity contribution in [3.63, 3.8) is 0 Å². The number of aromatic nitrogens is 2. The molecular weight excluding hydrogens is 250 g/mol. The maximum Gasteiger partial charge on any atom is 0.170 e. The van der Waals surface area contributed by atoms with Gasteiger partial charge < -0.3 is 5.73 Å². The molecule has 0 saturated heterocycles. The number of aryl methyl sites for hydroxylation is 1. The highest BCUT2D eigenvalue weighted by atomic mass is 32.2. The molecule has 2 N–H and O–H groups in total. The van der Waals surface area contributed by atoms with E-state index in [0.29, 0.717) is 6.54 Å². The van der Waals surface area contributed by atoms with Gasteiger partial charge in [0.2, 0.25) is 0 Å². The fourth-order valence-corrected chi connectivity index (χ4v) is 3.07. The van der Waals surface area contributed by atoms with Crippen molar-refractivity contribution >= 4 is 23.3 Å². The van der Waals surface area contributed by atoms with E-state index in [-0.39, 0.29) is 0 Å². The quantitative estimate of drug-likeness (QED) is 0.845. The summed E-state index contributed by atoms with van der Waals surface area (Å²) in [6.45, 7) is 2.67. The SMILES string of the molecule is CCc1nsc(SCc2cccc(CN)c2)n1. The molecule has 0 amide bonds. The first-order chi connectivity index (χ1) is 8.31. The van der Waals surface area contributed by atoms with Gasteiger partial charge in [-0.3, -0.25) is 0 Å². The number of rotatable bonds is 5. The molecule has 17 heavy (non-hydrogen) atoms. The first-order valence-electron chi connectivity index (χ1n) is 5.55. The van der Waals surface area contributed by atoms with E-state index in [1.165, 1.54) is 22.7 Å². The van der Waals surface area contributed by atoms with Crippen LogP contribution >= 0.6 is 23.3 Å². The summed E-state index contributed by atoms with van der Waals surface area (Å²) in [5.41, 5.74) is 8.08. The maximum absolute atomic E-state index is 5.62. The lowest BCUT2D eigenvalue weighted by molar-refractivity contribution is 0.971. The predicted molar refractivity (Wildman–Crippen MR) is 73.2 cm³/mol. The van der Waals surface area contributed by atoms with Gasteiger partial charge >= 0.3 is 0 Å². The van der Waals surface area contributed by atoms with Crippen molar-refractivity contribution in [1.82, 2.24) is 9.36 Å². The normalized spacial score (nSPS) is 10.7. The molecule has 1 aromatic carbocycles. The van der Waals surface area contributed by atoms with Crippen LogP contribution in [0.15, 0.2) is 28.6 Å². The van der Waals surface area contributed by atoms with Crippen LogP contribution < -0.4 is 5.73 Å². The van der Waals surface area contributed by atoms with E-state index < -0.39 is 0 Å². The highest BCUT2D eigenvalue weighted by Gasteiger charge is 2.03. The Kier molecular flexibility index (Phi) is 4.53. The summed E-state index contributed by atoms with van der Waals surface area (Å²) in [6.07, 6.45) is 0.902. The molecule has 2 rings (SSSR count). The van der Waals surface area contributed by atoms with E-state index >= 15 is 0 Å². The van der Waals surface area contributed by atoms with Crippen molar-refractivity contribution in [2.75, 3.05) is 0 Å². The van der Waals surface area contributed by atoms with Crippen LogP contribution in [0, 0.1) is 0 Å². The number of nitrogens with two attached hydrogens (primary N) is 1. The average molecular weight is 265 g/mol. The first-order valence-corrected chi connectivity index (χ1v) is 7.31. The van der Waals surface area contributed by atoms with Crippen LogP contribution in [-0.4, -0.2) is 9.36 Å². The molecule has 2 aromatic rings. The molecule has 0 atom stereocenters. The molecule has 0 saturated carbocycles. The molecule has 0 spiro atoms. The second-order valence-electron chi connectivity index (χ2n) is 3.64. The summed E-state index contributed by atoms with van der Waals surface area (Å²) >= 11 is 3.21. The molecule has 1 heterocycles. The van der Waals surface area contributed by atoms with Crippen LogP contribution in [0.1, 0.15) is 23.9 Å². The molecule has 0 aliphatic heterocycles. The van der Waals surface area contributed by atoms with Crippen LogP contribution in [0.25, 0.3) is 0 Å². The zero-order chi connectivity index (χ0) is 12.1. The Balaban J connectivity index is 1.96. The minimum Gasteiger partial charge on any atom is -0.326 e.